The van der Waals surface area contributed by atoms with Crippen LogP contribution in [0.3, 0.4) is 0 Å². The standard InChI is InChI=1S/C13H11Br2N3O2/c1-20-12-6-10(8(14)5-9(12)15)18-13(19)11-4-7(16)2-3-17-11/h2-6H,1H3,(H2,16,17)(H,18,19). The van der Waals surface area contributed by atoms with E-state index in [1.807, 2.05) is 0 Å². The van der Waals surface area contributed by atoms with Gasteiger partial charge in [0.2, 0.25) is 0 Å². The molecule has 7 heteroatoms. The van der Waals surface area contributed by atoms with Crippen LogP contribution in [-0.4, -0.2) is 18.0 Å². The van der Waals surface area contributed by atoms with Gasteiger partial charge < -0.3 is 15.8 Å². The molecule has 1 aromatic heterocycles. The number of halogens is 2. The summed E-state index contributed by atoms with van der Waals surface area (Å²) in [6, 6.07) is 6.63. The highest BCUT2D eigenvalue weighted by molar-refractivity contribution is 9.11. The van der Waals surface area contributed by atoms with Crippen molar-refractivity contribution in [1.29, 1.82) is 0 Å². The summed E-state index contributed by atoms with van der Waals surface area (Å²) in [5, 5.41) is 2.75. The first kappa shape index (κ1) is 14.8. The molecule has 2 aromatic rings. The maximum atomic E-state index is 12.1. The van der Waals surface area contributed by atoms with Gasteiger partial charge in [-0.25, -0.2) is 0 Å². The zero-order chi connectivity index (χ0) is 14.7. The lowest BCUT2D eigenvalue weighted by Crippen LogP contribution is -2.14. The van der Waals surface area contributed by atoms with Crippen molar-refractivity contribution in [2.45, 2.75) is 0 Å². The van der Waals surface area contributed by atoms with E-state index < -0.39 is 0 Å². The monoisotopic (exact) mass is 399 g/mol. The number of hydrogen-bond donors (Lipinski definition) is 2. The summed E-state index contributed by atoms with van der Waals surface area (Å²) in [5.74, 6) is 0.270. The van der Waals surface area contributed by atoms with E-state index in [-0.39, 0.29) is 11.6 Å². The average molecular weight is 401 g/mol. The van der Waals surface area contributed by atoms with Crippen LogP contribution in [0.4, 0.5) is 11.4 Å². The summed E-state index contributed by atoms with van der Waals surface area (Å²) in [7, 11) is 1.55. The van der Waals surface area contributed by atoms with E-state index in [2.05, 4.69) is 42.2 Å². The molecular weight excluding hydrogens is 390 g/mol. The number of rotatable bonds is 3. The van der Waals surface area contributed by atoms with Gasteiger partial charge in [0.1, 0.15) is 11.4 Å². The lowest BCUT2D eigenvalue weighted by atomic mass is 10.2. The van der Waals surface area contributed by atoms with Gasteiger partial charge in [-0.05, 0) is 50.1 Å². The number of pyridine rings is 1. The third kappa shape index (κ3) is 3.29. The molecule has 3 N–H and O–H groups in total. The second-order valence-corrected chi connectivity index (χ2v) is 5.60. The summed E-state index contributed by atoms with van der Waals surface area (Å²) >= 11 is 6.75. The minimum atomic E-state index is -0.345. The number of nitrogens with two attached hydrogens (primary N) is 1. The number of hydrogen-bond acceptors (Lipinski definition) is 4. The predicted molar refractivity (Wildman–Crippen MR) is 85.0 cm³/mol. The van der Waals surface area contributed by atoms with Gasteiger partial charge in [-0.2, -0.15) is 0 Å². The first-order valence-corrected chi connectivity index (χ1v) is 7.15. The zero-order valence-electron chi connectivity index (χ0n) is 10.5. The third-order valence-corrected chi connectivity index (χ3v) is 3.78. The SMILES string of the molecule is COc1cc(NC(=O)c2cc(N)ccn2)c(Br)cc1Br. The molecule has 0 bridgehead atoms. The summed E-state index contributed by atoms with van der Waals surface area (Å²) in [4.78, 5) is 16.1. The highest BCUT2D eigenvalue weighted by Crippen LogP contribution is 2.34. The van der Waals surface area contributed by atoms with E-state index in [4.69, 9.17) is 10.5 Å². The van der Waals surface area contributed by atoms with E-state index in [9.17, 15) is 4.79 Å². The van der Waals surface area contributed by atoms with Crippen LogP contribution in [0.15, 0.2) is 39.4 Å². The Morgan fingerprint density at radius 2 is 2.05 bits per heavy atom. The van der Waals surface area contributed by atoms with E-state index in [1.165, 1.54) is 12.3 Å². The highest BCUT2D eigenvalue weighted by Gasteiger charge is 2.12. The molecule has 0 unspecified atom stereocenters. The van der Waals surface area contributed by atoms with Crippen LogP contribution in [0.5, 0.6) is 5.75 Å². The van der Waals surface area contributed by atoms with Gasteiger partial charge in [0.25, 0.3) is 5.91 Å². The van der Waals surface area contributed by atoms with Crippen LogP contribution >= 0.6 is 31.9 Å². The molecule has 0 saturated carbocycles. The quantitative estimate of drug-likeness (QED) is 0.827. The van der Waals surface area contributed by atoms with Crippen LogP contribution in [0.25, 0.3) is 0 Å². The number of carbonyl (C=O) groups excluding carboxylic acids is 1. The molecule has 1 amide bonds. The Bertz CT molecular complexity index is 662. The van der Waals surface area contributed by atoms with Crippen molar-refractivity contribution in [1.82, 2.24) is 4.98 Å². The van der Waals surface area contributed by atoms with Crippen molar-refractivity contribution in [2.75, 3.05) is 18.2 Å². The molecule has 0 atom stereocenters. The van der Waals surface area contributed by atoms with Crippen LogP contribution in [0.1, 0.15) is 10.5 Å². The smallest absolute Gasteiger partial charge is 0.274 e. The molecular formula is C13H11Br2N3O2. The van der Waals surface area contributed by atoms with Crippen molar-refractivity contribution in [3.63, 3.8) is 0 Å². The van der Waals surface area contributed by atoms with Crippen LogP contribution in [-0.2, 0) is 0 Å². The maximum Gasteiger partial charge on any atom is 0.274 e. The van der Waals surface area contributed by atoms with E-state index in [1.54, 1.807) is 25.3 Å². The normalized spacial score (nSPS) is 10.2. The Labute approximate surface area is 132 Å². The number of aromatic nitrogens is 1. The van der Waals surface area contributed by atoms with Crippen molar-refractivity contribution in [3.8, 4) is 5.75 Å². The molecule has 0 aliphatic heterocycles. The van der Waals surface area contributed by atoms with Gasteiger partial charge in [0.15, 0.2) is 0 Å². The van der Waals surface area contributed by atoms with Gasteiger partial charge in [0, 0.05) is 22.4 Å². The third-order valence-electron chi connectivity index (χ3n) is 2.51. The fourth-order valence-corrected chi connectivity index (χ4v) is 2.79. The zero-order valence-corrected chi connectivity index (χ0v) is 13.7. The summed E-state index contributed by atoms with van der Waals surface area (Å²) < 4.78 is 6.70. The minimum Gasteiger partial charge on any atom is -0.495 e. The van der Waals surface area contributed by atoms with Crippen molar-refractivity contribution in [2.24, 2.45) is 0 Å². The molecule has 20 heavy (non-hydrogen) atoms. The van der Waals surface area contributed by atoms with E-state index >= 15 is 0 Å². The van der Waals surface area contributed by atoms with Crippen molar-refractivity contribution >= 4 is 49.1 Å². The topological polar surface area (TPSA) is 77.2 Å². The van der Waals surface area contributed by atoms with Crippen molar-refractivity contribution in [3.05, 3.63) is 45.1 Å². The second-order valence-electron chi connectivity index (χ2n) is 3.90. The fourth-order valence-electron chi connectivity index (χ4n) is 1.54. The van der Waals surface area contributed by atoms with Crippen molar-refractivity contribution < 1.29 is 9.53 Å². The Hall–Kier alpha value is -1.60. The van der Waals surface area contributed by atoms with E-state index in [0.29, 0.717) is 17.1 Å². The fraction of sp³-hybridized carbons (Fsp3) is 0.0769. The van der Waals surface area contributed by atoms with Crippen LogP contribution in [0, 0.1) is 0 Å². The summed E-state index contributed by atoms with van der Waals surface area (Å²) in [5.41, 5.74) is 6.95. The Kier molecular flexibility index (Phi) is 4.61. The van der Waals surface area contributed by atoms with Gasteiger partial charge >= 0.3 is 0 Å². The summed E-state index contributed by atoms with van der Waals surface area (Å²) in [6.07, 6.45) is 1.49. The molecule has 0 fully saturated rings. The Morgan fingerprint density at radius 3 is 2.70 bits per heavy atom. The molecule has 5 nitrogen and oxygen atoms in total. The average Bonchev–Trinajstić information content (AvgIpc) is 2.41. The molecule has 1 heterocycles. The predicted octanol–water partition coefficient (Wildman–Crippen LogP) is 3.45. The van der Waals surface area contributed by atoms with Gasteiger partial charge in [-0.15, -0.1) is 0 Å². The Balaban J connectivity index is 2.28. The molecule has 0 radical (unpaired) electrons. The van der Waals surface area contributed by atoms with Gasteiger partial charge in [-0.3, -0.25) is 9.78 Å². The number of carbonyl (C=O) groups is 1. The number of benzene rings is 1. The number of methoxy groups -OCH3 is 1. The number of ether oxygens (including phenoxy) is 1. The summed E-state index contributed by atoms with van der Waals surface area (Å²) in [6.45, 7) is 0. The number of amides is 1. The molecule has 0 spiro atoms. The molecule has 104 valence electrons. The Morgan fingerprint density at radius 1 is 1.30 bits per heavy atom. The van der Waals surface area contributed by atoms with Crippen LogP contribution in [0.2, 0.25) is 0 Å². The van der Waals surface area contributed by atoms with Gasteiger partial charge in [0.05, 0.1) is 17.3 Å². The molecule has 0 saturated heterocycles. The minimum absolute atomic E-state index is 0.249. The molecule has 0 aliphatic rings. The number of nitrogens with one attached hydrogen (secondary N) is 1. The first-order chi connectivity index (χ1) is 9.51. The number of anilines is 2. The number of nitrogens with zero attached hydrogens (tertiary/aromatic N) is 1. The molecule has 0 aliphatic carbocycles. The first-order valence-electron chi connectivity index (χ1n) is 5.57. The number of nitrogen functional groups attached to an aromatic ring is 1. The van der Waals surface area contributed by atoms with Gasteiger partial charge in [-0.1, -0.05) is 0 Å². The van der Waals surface area contributed by atoms with Crippen LogP contribution < -0.4 is 15.8 Å². The maximum absolute atomic E-state index is 12.1. The molecule has 2 rings (SSSR count). The lowest BCUT2D eigenvalue weighted by Gasteiger charge is -2.11. The molecule has 1 aromatic carbocycles. The highest BCUT2D eigenvalue weighted by atomic mass is 79.9. The van der Waals surface area contributed by atoms with E-state index in [0.717, 1.165) is 8.95 Å². The largest absolute Gasteiger partial charge is 0.495 e. The lowest BCUT2D eigenvalue weighted by molar-refractivity contribution is 0.102. The second kappa shape index (κ2) is 6.23.